The molecule has 0 fully saturated rings. The Balaban J connectivity index is 1.64. The summed E-state index contributed by atoms with van der Waals surface area (Å²) in [5.74, 6) is 0.218. The Labute approximate surface area is 181 Å². The van der Waals surface area contributed by atoms with Crippen LogP contribution >= 0.6 is 22.9 Å². The van der Waals surface area contributed by atoms with Crippen molar-refractivity contribution in [1.29, 1.82) is 0 Å². The van der Waals surface area contributed by atoms with Crippen LogP contribution < -0.4 is 0 Å². The van der Waals surface area contributed by atoms with Crippen LogP contribution in [0.2, 0.25) is 5.02 Å². The molecule has 0 saturated heterocycles. The molecule has 1 N–H and O–H groups in total. The zero-order chi connectivity index (χ0) is 20.2. The zero-order valence-electron chi connectivity index (χ0n) is 15.7. The molecule has 0 aliphatic carbocycles. The number of benzene rings is 4. The lowest BCUT2D eigenvalue weighted by Gasteiger charge is -2.08. The maximum absolute atomic E-state index is 10.2. The van der Waals surface area contributed by atoms with Crippen LogP contribution in [0, 0.1) is 0 Å². The first-order chi connectivity index (χ1) is 14.7. The lowest BCUT2D eigenvalue weighted by atomic mass is 10.2. The zero-order valence-corrected chi connectivity index (χ0v) is 17.3. The number of rotatable bonds is 2. The Hall–Kier alpha value is -3.34. The first-order valence-corrected chi connectivity index (χ1v) is 10.8. The molecule has 144 valence electrons. The molecule has 30 heavy (non-hydrogen) atoms. The van der Waals surface area contributed by atoms with E-state index in [1.807, 2.05) is 18.2 Å². The van der Waals surface area contributed by atoms with E-state index in [2.05, 4.69) is 59.2 Å². The Morgan fingerprint density at radius 3 is 2.13 bits per heavy atom. The topological polar surface area (TPSA) is 38.1 Å². The molecule has 0 saturated carbocycles. The van der Waals surface area contributed by atoms with Crippen LogP contribution in [0.3, 0.4) is 0 Å². The third-order valence-electron chi connectivity index (χ3n) is 5.41. The molecule has 0 aliphatic rings. The van der Waals surface area contributed by atoms with E-state index in [0.29, 0.717) is 10.6 Å². The monoisotopic (exact) mass is 426 g/mol. The van der Waals surface area contributed by atoms with Crippen molar-refractivity contribution in [3.05, 3.63) is 90.0 Å². The molecule has 0 aliphatic heterocycles. The fraction of sp³-hybridized carbons (Fsp3) is 0. The second-order valence-electron chi connectivity index (χ2n) is 7.18. The number of nitrogens with zero attached hydrogens (tertiary/aromatic N) is 2. The second-order valence-corrected chi connectivity index (χ2v) is 8.62. The van der Waals surface area contributed by atoms with Crippen molar-refractivity contribution < 1.29 is 5.11 Å². The van der Waals surface area contributed by atoms with Gasteiger partial charge in [-0.3, -0.25) is 0 Å². The van der Waals surface area contributed by atoms with Gasteiger partial charge >= 0.3 is 0 Å². The van der Waals surface area contributed by atoms with Gasteiger partial charge in [0.1, 0.15) is 16.3 Å². The predicted molar refractivity (Wildman–Crippen MR) is 126 cm³/mol. The molecule has 2 heterocycles. The highest BCUT2D eigenvalue weighted by molar-refractivity contribution is 7.21. The maximum atomic E-state index is 10.2. The highest BCUT2D eigenvalue weighted by Gasteiger charge is 2.16. The van der Waals surface area contributed by atoms with E-state index in [1.54, 1.807) is 12.1 Å². The van der Waals surface area contributed by atoms with Crippen LogP contribution in [-0.4, -0.2) is 14.7 Å². The van der Waals surface area contributed by atoms with Crippen molar-refractivity contribution in [2.45, 2.75) is 0 Å². The molecule has 6 rings (SSSR count). The Kier molecular flexibility index (Phi) is 3.85. The Morgan fingerprint density at radius 1 is 0.800 bits per heavy atom. The van der Waals surface area contributed by atoms with Crippen molar-refractivity contribution >= 4 is 55.0 Å². The summed E-state index contributed by atoms with van der Waals surface area (Å²) in [6.45, 7) is 0. The largest absolute Gasteiger partial charge is 0.507 e. The quantitative estimate of drug-likeness (QED) is 0.313. The number of halogens is 1. The number of thiazole rings is 1. The van der Waals surface area contributed by atoms with Gasteiger partial charge in [-0.2, -0.15) is 0 Å². The van der Waals surface area contributed by atoms with Gasteiger partial charge in [-0.05, 0) is 36.4 Å². The van der Waals surface area contributed by atoms with Gasteiger partial charge in [-0.1, -0.05) is 60.1 Å². The molecule has 0 radical (unpaired) electrons. The minimum atomic E-state index is 0.218. The van der Waals surface area contributed by atoms with E-state index in [4.69, 9.17) is 16.6 Å². The number of hydrogen-bond acceptors (Lipinski definition) is 3. The van der Waals surface area contributed by atoms with Crippen LogP contribution in [0.4, 0.5) is 0 Å². The summed E-state index contributed by atoms with van der Waals surface area (Å²) in [4.78, 5) is 4.71. The van der Waals surface area contributed by atoms with Crippen LogP contribution in [0.5, 0.6) is 5.75 Å². The predicted octanol–water partition coefficient (Wildman–Crippen LogP) is 7.42. The Morgan fingerprint density at radius 2 is 1.43 bits per heavy atom. The van der Waals surface area contributed by atoms with Gasteiger partial charge in [0.15, 0.2) is 0 Å². The van der Waals surface area contributed by atoms with Gasteiger partial charge < -0.3 is 9.67 Å². The lowest BCUT2D eigenvalue weighted by molar-refractivity contribution is 0.477. The molecule has 0 amide bonds. The molecule has 0 atom stereocenters. The lowest BCUT2D eigenvalue weighted by Crippen LogP contribution is -1.93. The van der Waals surface area contributed by atoms with Crippen molar-refractivity contribution in [2.75, 3.05) is 0 Å². The van der Waals surface area contributed by atoms with E-state index in [1.165, 1.54) is 22.1 Å². The van der Waals surface area contributed by atoms with Crippen molar-refractivity contribution in [3.63, 3.8) is 0 Å². The fourth-order valence-electron chi connectivity index (χ4n) is 4.07. The van der Waals surface area contributed by atoms with Gasteiger partial charge in [0.25, 0.3) is 0 Å². The van der Waals surface area contributed by atoms with Crippen LogP contribution in [0.25, 0.3) is 48.3 Å². The summed E-state index contributed by atoms with van der Waals surface area (Å²) < 4.78 is 3.23. The summed E-state index contributed by atoms with van der Waals surface area (Å²) in [6.07, 6.45) is 0. The second kappa shape index (κ2) is 6.59. The van der Waals surface area contributed by atoms with E-state index < -0.39 is 0 Å². The number of phenolic OH excluding ortho intramolecular Hbond substituents is 1. The van der Waals surface area contributed by atoms with E-state index in [9.17, 15) is 5.11 Å². The third-order valence-corrected chi connectivity index (χ3v) is 6.73. The summed E-state index contributed by atoms with van der Waals surface area (Å²) in [5, 5.41) is 14.0. The number of fused-ring (bicyclic) bond motifs is 4. The van der Waals surface area contributed by atoms with Crippen LogP contribution in [-0.2, 0) is 0 Å². The molecule has 2 aromatic heterocycles. The molecule has 0 spiro atoms. The summed E-state index contributed by atoms with van der Waals surface area (Å²) in [6, 6.07) is 28.1. The summed E-state index contributed by atoms with van der Waals surface area (Å²) >= 11 is 8.22. The van der Waals surface area contributed by atoms with Gasteiger partial charge in [0.05, 0.1) is 26.3 Å². The Bertz CT molecular complexity index is 1530. The summed E-state index contributed by atoms with van der Waals surface area (Å²) in [7, 11) is 0. The number of aromatic hydroxyl groups is 1. The number of phenols is 1. The number of para-hydroxylation sites is 3. The first-order valence-electron chi connectivity index (χ1n) is 9.58. The molecule has 6 aromatic rings. The van der Waals surface area contributed by atoms with Crippen LogP contribution in [0.1, 0.15) is 0 Å². The maximum Gasteiger partial charge on any atom is 0.128 e. The highest BCUT2D eigenvalue weighted by atomic mass is 35.5. The smallest absolute Gasteiger partial charge is 0.128 e. The van der Waals surface area contributed by atoms with E-state index in [-0.39, 0.29) is 5.75 Å². The van der Waals surface area contributed by atoms with Crippen molar-refractivity contribution in [2.24, 2.45) is 0 Å². The molecule has 3 nitrogen and oxygen atoms in total. The first kappa shape index (κ1) is 17.5. The fourth-order valence-corrected chi connectivity index (χ4v) is 5.45. The minimum Gasteiger partial charge on any atom is -0.507 e. The summed E-state index contributed by atoms with van der Waals surface area (Å²) in [5.41, 5.74) is 4.74. The van der Waals surface area contributed by atoms with Crippen LogP contribution in [0.15, 0.2) is 84.9 Å². The average molecular weight is 427 g/mol. The molecule has 4 aromatic carbocycles. The number of hydrogen-bond donors (Lipinski definition) is 1. The van der Waals surface area contributed by atoms with Gasteiger partial charge in [-0.15, -0.1) is 11.3 Å². The SMILES string of the molecule is Oc1ccccc1-c1nc2c(Cl)cc(-n3c4ccccc4c4ccccc43)cc2s1. The van der Waals surface area contributed by atoms with Crippen molar-refractivity contribution in [1.82, 2.24) is 9.55 Å². The minimum absolute atomic E-state index is 0.218. The molecular weight excluding hydrogens is 412 g/mol. The van der Waals surface area contributed by atoms with Gasteiger partial charge in [0.2, 0.25) is 0 Å². The van der Waals surface area contributed by atoms with Gasteiger partial charge in [0, 0.05) is 16.5 Å². The third kappa shape index (κ3) is 2.54. The standard InChI is InChI=1S/C25H15ClN2OS/c26-19-13-15(14-23-24(19)27-25(30-23)18-9-3-6-12-22(18)29)28-20-10-4-1-7-16(20)17-8-2-5-11-21(17)28/h1-14,29H. The molecule has 5 heteroatoms. The molecular formula is C25H15ClN2OS. The normalized spacial score (nSPS) is 11.6. The van der Waals surface area contributed by atoms with Crippen molar-refractivity contribution in [3.8, 4) is 22.0 Å². The van der Waals surface area contributed by atoms with E-state index in [0.717, 1.165) is 31.9 Å². The van der Waals surface area contributed by atoms with E-state index >= 15 is 0 Å². The average Bonchev–Trinajstić information content (AvgIpc) is 3.34. The molecule has 0 bridgehead atoms. The van der Waals surface area contributed by atoms with Gasteiger partial charge in [-0.25, -0.2) is 4.98 Å². The highest BCUT2D eigenvalue weighted by Crippen LogP contribution is 2.40. The molecule has 0 unspecified atom stereocenters. The number of aromatic nitrogens is 2.